The molecule has 0 N–H and O–H groups in total. The highest BCUT2D eigenvalue weighted by Gasteiger charge is 2.18. The summed E-state index contributed by atoms with van der Waals surface area (Å²) in [6.45, 7) is 0. The molecule has 0 atom stereocenters. The monoisotopic (exact) mass is 260 g/mol. The van der Waals surface area contributed by atoms with Crippen LogP contribution < -0.4 is 0 Å². The SMILES string of the molecule is O=C(CCCBr)C1CCCCCCC1. The first kappa shape index (κ1) is 12.2. The minimum Gasteiger partial charge on any atom is -0.299 e. The van der Waals surface area contributed by atoms with Crippen molar-refractivity contribution in [3.8, 4) is 0 Å². The molecule has 1 aliphatic rings. The van der Waals surface area contributed by atoms with Crippen molar-refractivity contribution in [1.82, 2.24) is 0 Å². The lowest BCUT2D eigenvalue weighted by Gasteiger charge is -2.18. The fourth-order valence-electron chi connectivity index (χ4n) is 2.22. The molecule has 1 nitrogen and oxygen atoms in total. The normalized spacial score (nSPS) is 20.1. The molecule has 0 aromatic carbocycles. The quantitative estimate of drug-likeness (QED) is 0.696. The van der Waals surface area contributed by atoms with Gasteiger partial charge in [0.1, 0.15) is 5.78 Å². The van der Waals surface area contributed by atoms with E-state index in [2.05, 4.69) is 15.9 Å². The molecule has 1 fully saturated rings. The molecule has 82 valence electrons. The fourth-order valence-corrected chi connectivity index (χ4v) is 2.50. The Morgan fingerprint density at radius 1 is 1.07 bits per heavy atom. The number of rotatable bonds is 4. The molecule has 2 heteroatoms. The summed E-state index contributed by atoms with van der Waals surface area (Å²) in [4.78, 5) is 11.8. The van der Waals surface area contributed by atoms with Gasteiger partial charge in [0.2, 0.25) is 0 Å². The smallest absolute Gasteiger partial charge is 0.136 e. The summed E-state index contributed by atoms with van der Waals surface area (Å²) in [6.07, 6.45) is 10.7. The Kier molecular flexibility index (Phi) is 6.50. The summed E-state index contributed by atoms with van der Waals surface area (Å²) in [5.74, 6) is 0.917. The number of carbonyl (C=O) groups is 1. The maximum atomic E-state index is 11.8. The predicted molar refractivity (Wildman–Crippen MR) is 63.8 cm³/mol. The average Bonchev–Trinajstić information content (AvgIpc) is 2.13. The average molecular weight is 261 g/mol. The molecule has 0 amide bonds. The van der Waals surface area contributed by atoms with Crippen LogP contribution >= 0.6 is 15.9 Å². The van der Waals surface area contributed by atoms with Crippen LogP contribution in [0.15, 0.2) is 0 Å². The number of alkyl halides is 1. The second-order valence-electron chi connectivity index (χ2n) is 4.30. The lowest BCUT2D eigenvalue weighted by atomic mass is 9.87. The minimum absolute atomic E-state index is 0.398. The zero-order chi connectivity index (χ0) is 10.2. The van der Waals surface area contributed by atoms with Crippen molar-refractivity contribution in [1.29, 1.82) is 0 Å². The zero-order valence-electron chi connectivity index (χ0n) is 8.93. The van der Waals surface area contributed by atoms with Crippen LogP contribution in [-0.2, 0) is 4.79 Å². The third kappa shape index (κ3) is 4.59. The Bertz CT molecular complexity index is 160. The summed E-state index contributed by atoms with van der Waals surface area (Å²) in [5.41, 5.74) is 0. The summed E-state index contributed by atoms with van der Waals surface area (Å²) in [5, 5.41) is 0.964. The van der Waals surface area contributed by atoms with E-state index >= 15 is 0 Å². The number of hydrogen-bond donors (Lipinski definition) is 0. The minimum atomic E-state index is 0.398. The molecular formula is C12H21BrO. The van der Waals surface area contributed by atoms with Crippen molar-refractivity contribution in [2.24, 2.45) is 5.92 Å². The van der Waals surface area contributed by atoms with Gasteiger partial charge >= 0.3 is 0 Å². The van der Waals surface area contributed by atoms with Gasteiger partial charge in [0, 0.05) is 17.7 Å². The van der Waals surface area contributed by atoms with Crippen LogP contribution in [0.25, 0.3) is 0 Å². The summed E-state index contributed by atoms with van der Waals surface area (Å²) in [6, 6.07) is 0. The van der Waals surface area contributed by atoms with E-state index < -0.39 is 0 Å². The van der Waals surface area contributed by atoms with Gasteiger partial charge in [-0.25, -0.2) is 0 Å². The summed E-state index contributed by atoms with van der Waals surface area (Å²) in [7, 11) is 0. The Morgan fingerprint density at radius 3 is 2.21 bits per heavy atom. The molecule has 1 rings (SSSR count). The van der Waals surface area contributed by atoms with E-state index in [4.69, 9.17) is 0 Å². The molecule has 0 saturated heterocycles. The van der Waals surface area contributed by atoms with Gasteiger partial charge in [0.05, 0.1) is 0 Å². The van der Waals surface area contributed by atoms with Gasteiger partial charge in [-0.15, -0.1) is 0 Å². The van der Waals surface area contributed by atoms with Crippen LogP contribution in [0.2, 0.25) is 0 Å². The first-order chi connectivity index (χ1) is 6.84. The Balaban J connectivity index is 2.27. The molecular weight excluding hydrogens is 240 g/mol. The third-order valence-corrected chi connectivity index (χ3v) is 3.68. The van der Waals surface area contributed by atoms with Crippen LogP contribution in [0.1, 0.15) is 57.8 Å². The highest BCUT2D eigenvalue weighted by Crippen LogP contribution is 2.24. The Labute approximate surface area is 95.8 Å². The lowest BCUT2D eigenvalue weighted by molar-refractivity contribution is -0.123. The summed E-state index contributed by atoms with van der Waals surface area (Å²) < 4.78 is 0. The van der Waals surface area contributed by atoms with Crippen LogP contribution in [-0.4, -0.2) is 11.1 Å². The summed E-state index contributed by atoms with van der Waals surface area (Å²) >= 11 is 3.38. The van der Waals surface area contributed by atoms with Crippen molar-refractivity contribution in [2.45, 2.75) is 57.8 Å². The standard InChI is InChI=1S/C12H21BrO/c13-10-6-9-12(14)11-7-4-2-1-3-5-8-11/h11H,1-10H2. The van der Waals surface area contributed by atoms with Gasteiger partial charge in [-0.1, -0.05) is 48.0 Å². The van der Waals surface area contributed by atoms with Crippen molar-refractivity contribution >= 4 is 21.7 Å². The van der Waals surface area contributed by atoms with E-state index in [0.717, 1.165) is 31.0 Å². The van der Waals surface area contributed by atoms with Crippen LogP contribution in [0.4, 0.5) is 0 Å². The number of halogens is 1. The van der Waals surface area contributed by atoms with Crippen molar-refractivity contribution in [2.75, 3.05) is 5.33 Å². The molecule has 0 aliphatic heterocycles. The van der Waals surface area contributed by atoms with Gasteiger partial charge in [0.15, 0.2) is 0 Å². The van der Waals surface area contributed by atoms with Gasteiger partial charge in [0.25, 0.3) is 0 Å². The Hall–Kier alpha value is 0.150. The molecule has 0 radical (unpaired) electrons. The highest BCUT2D eigenvalue weighted by molar-refractivity contribution is 9.09. The van der Waals surface area contributed by atoms with E-state index in [1.807, 2.05) is 0 Å². The second-order valence-corrected chi connectivity index (χ2v) is 5.09. The maximum absolute atomic E-state index is 11.8. The molecule has 0 unspecified atom stereocenters. The molecule has 14 heavy (non-hydrogen) atoms. The lowest BCUT2D eigenvalue weighted by Crippen LogP contribution is -2.15. The predicted octanol–water partition coefficient (Wildman–Crippen LogP) is 4.09. The van der Waals surface area contributed by atoms with Crippen LogP contribution in [0, 0.1) is 5.92 Å². The van der Waals surface area contributed by atoms with Crippen molar-refractivity contribution in [3.05, 3.63) is 0 Å². The van der Waals surface area contributed by atoms with Crippen LogP contribution in [0.3, 0.4) is 0 Å². The van der Waals surface area contributed by atoms with Gasteiger partial charge < -0.3 is 0 Å². The molecule has 0 aromatic rings. The topological polar surface area (TPSA) is 17.1 Å². The number of Topliss-reactive ketones (excluding diaryl/α,β-unsaturated/α-hetero) is 1. The van der Waals surface area contributed by atoms with Gasteiger partial charge in [-0.3, -0.25) is 4.79 Å². The Morgan fingerprint density at radius 2 is 1.64 bits per heavy atom. The number of hydrogen-bond acceptors (Lipinski definition) is 1. The molecule has 0 bridgehead atoms. The fraction of sp³-hybridized carbons (Fsp3) is 0.917. The van der Waals surface area contributed by atoms with E-state index in [-0.39, 0.29) is 0 Å². The van der Waals surface area contributed by atoms with Crippen molar-refractivity contribution < 1.29 is 4.79 Å². The molecule has 1 aliphatic carbocycles. The number of ketones is 1. The van der Waals surface area contributed by atoms with E-state index in [9.17, 15) is 4.79 Å². The molecule has 0 aromatic heterocycles. The van der Waals surface area contributed by atoms with E-state index in [1.165, 1.54) is 32.1 Å². The largest absolute Gasteiger partial charge is 0.299 e. The van der Waals surface area contributed by atoms with Crippen LogP contribution in [0.5, 0.6) is 0 Å². The van der Waals surface area contributed by atoms with Gasteiger partial charge in [-0.2, -0.15) is 0 Å². The highest BCUT2D eigenvalue weighted by atomic mass is 79.9. The van der Waals surface area contributed by atoms with Gasteiger partial charge in [-0.05, 0) is 19.3 Å². The molecule has 0 heterocycles. The first-order valence-electron chi connectivity index (χ1n) is 5.93. The first-order valence-corrected chi connectivity index (χ1v) is 7.05. The van der Waals surface area contributed by atoms with E-state index in [1.54, 1.807) is 0 Å². The molecule has 1 saturated carbocycles. The number of carbonyl (C=O) groups excluding carboxylic acids is 1. The van der Waals surface area contributed by atoms with E-state index in [0.29, 0.717) is 11.7 Å². The third-order valence-electron chi connectivity index (χ3n) is 3.12. The van der Waals surface area contributed by atoms with Crippen molar-refractivity contribution in [3.63, 3.8) is 0 Å². The zero-order valence-corrected chi connectivity index (χ0v) is 10.5. The maximum Gasteiger partial charge on any atom is 0.136 e. The second kappa shape index (κ2) is 7.44. The molecule has 0 spiro atoms.